The van der Waals surface area contributed by atoms with E-state index in [2.05, 4.69) is 33.1 Å². The van der Waals surface area contributed by atoms with Gasteiger partial charge in [0.25, 0.3) is 0 Å². The van der Waals surface area contributed by atoms with E-state index in [1.807, 2.05) is 24.3 Å². The zero-order valence-corrected chi connectivity index (χ0v) is 17.0. The van der Waals surface area contributed by atoms with E-state index in [0.29, 0.717) is 38.7 Å². The minimum absolute atomic E-state index is 0.426. The fourth-order valence-electron chi connectivity index (χ4n) is 2.64. The molecule has 0 amide bonds. The van der Waals surface area contributed by atoms with Gasteiger partial charge in [0.15, 0.2) is 0 Å². The van der Waals surface area contributed by atoms with Gasteiger partial charge in [-0.05, 0) is 41.1 Å². The fraction of sp³-hybridized carbons (Fsp3) is 0.111. The second-order valence-corrected chi connectivity index (χ2v) is 7.15. The molecule has 4 aromatic rings. The van der Waals surface area contributed by atoms with Gasteiger partial charge in [-0.25, -0.2) is 4.68 Å². The van der Waals surface area contributed by atoms with Crippen molar-refractivity contribution < 1.29 is 4.74 Å². The van der Waals surface area contributed by atoms with Gasteiger partial charge >= 0.3 is 0 Å². The Morgan fingerprint density at radius 2 is 1.89 bits per heavy atom. The van der Waals surface area contributed by atoms with E-state index in [0.717, 1.165) is 11.3 Å². The molecular formula is C18H14Cl2N6OS. The van der Waals surface area contributed by atoms with E-state index in [-0.39, 0.29) is 0 Å². The zero-order chi connectivity index (χ0) is 19.7. The van der Waals surface area contributed by atoms with Gasteiger partial charge in [0.1, 0.15) is 10.8 Å². The quantitative estimate of drug-likeness (QED) is 0.479. The fourth-order valence-corrected chi connectivity index (χ4v) is 3.45. The van der Waals surface area contributed by atoms with Gasteiger partial charge in [-0.1, -0.05) is 35.3 Å². The number of methoxy groups -OCH3 is 1. The highest BCUT2D eigenvalue weighted by Gasteiger charge is 2.17. The molecule has 0 spiro atoms. The molecular weight excluding hydrogens is 419 g/mol. The highest BCUT2D eigenvalue weighted by Crippen LogP contribution is 2.30. The lowest BCUT2D eigenvalue weighted by molar-refractivity contribution is 0.414. The topological polar surface area (TPSA) is 70.7 Å². The van der Waals surface area contributed by atoms with Gasteiger partial charge in [-0.2, -0.15) is 9.90 Å². The van der Waals surface area contributed by atoms with Crippen molar-refractivity contribution in [3.63, 3.8) is 0 Å². The van der Waals surface area contributed by atoms with Crippen LogP contribution in [0.3, 0.4) is 0 Å². The van der Waals surface area contributed by atoms with Crippen LogP contribution in [0.15, 0.2) is 53.7 Å². The van der Waals surface area contributed by atoms with Crippen LogP contribution in [0.5, 0.6) is 5.75 Å². The smallest absolute Gasteiger partial charge is 0.209 e. The SMILES string of the molecule is COc1ccc(Cn2nnc(-c3cnn(-c4ccc(Cl)cc4Cl)c3S)n2)cc1. The predicted molar refractivity (Wildman–Crippen MR) is 110 cm³/mol. The molecule has 0 aliphatic rings. The first kappa shape index (κ1) is 18.8. The van der Waals surface area contributed by atoms with Gasteiger partial charge in [-0.15, -0.1) is 22.8 Å². The number of thiol groups is 1. The first-order valence-corrected chi connectivity index (χ1v) is 9.39. The molecule has 0 atom stereocenters. The summed E-state index contributed by atoms with van der Waals surface area (Å²) in [5.41, 5.74) is 2.34. The van der Waals surface area contributed by atoms with Gasteiger partial charge in [0, 0.05) is 5.02 Å². The molecule has 0 aliphatic carbocycles. The van der Waals surface area contributed by atoms with E-state index >= 15 is 0 Å². The van der Waals surface area contributed by atoms with Crippen LogP contribution >= 0.6 is 35.8 Å². The van der Waals surface area contributed by atoms with E-state index in [1.54, 1.807) is 36.2 Å². The molecule has 28 heavy (non-hydrogen) atoms. The third-order valence-corrected chi connectivity index (χ3v) is 5.03. The maximum absolute atomic E-state index is 6.27. The Kier molecular flexibility index (Phi) is 5.25. The summed E-state index contributed by atoms with van der Waals surface area (Å²) >= 11 is 16.8. The summed E-state index contributed by atoms with van der Waals surface area (Å²) < 4.78 is 6.76. The lowest BCUT2D eigenvalue weighted by Gasteiger charge is -2.06. The highest BCUT2D eigenvalue weighted by atomic mass is 35.5. The van der Waals surface area contributed by atoms with Crippen LogP contribution in [-0.4, -0.2) is 37.1 Å². The molecule has 10 heteroatoms. The summed E-state index contributed by atoms with van der Waals surface area (Å²) in [4.78, 5) is 1.51. The molecule has 7 nitrogen and oxygen atoms in total. The number of nitrogens with zero attached hydrogens (tertiary/aromatic N) is 6. The lowest BCUT2D eigenvalue weighted by Crippen LogP contribution is -2.04. The van der Waals surface area contributed by atoms with Gasteiger partial charge in [-0.3, -0.25) is 0 Å². The molecule has 0 saturated carbocycles. The molecule has 0 saturated heterocycles. The molecule has 2 heterocycles. The van der Waals surface area contributed by atoms with Crippen LogP contribution in [0, 0.1) is 0 Å². The van der Waals surface area contributed by atoms with E-state index in [1.165, 1.54) is 4.80 Å². The number of halogens is 2. The number of rotatable bonds is 5. The molecule has 142 valence electrons. The molecule has 2 aromatic heterocycles. The highest BCUT2D eigenvalue weighted by molar-refractivity contribution is 7.80. The summed E-state index contributed by atoms with van der Waals surface area (Å²) in [7, 11) is 1.63. The third kappa shape index (κ3) is 3.71. The number of tetrazole rings is 1. The normalized spacial score (nSPS) is 11.0. The Bertz CT molecular complexity index is 1130. The monoisotopic (exact) mass is 432 g/mol. The largest absolute Gasteiger partial charge is 0.497 e. The second kappa shape index (κ2) is 7.83. The first-order valence-electron chi connectivity index (χ1n) is 8.18. The van der Waals surface area contributed by atoms with Gasteiger partial charge < -0.3 is 4.74 Å². The Morgan fingerprint density at radius 1 is 1.11 bits per heavy atom. The maximum atomic E-state index is 6.27. The van der Waals surface area contributed by atoms with E-state index in [9.17, 15) is 0 Å². The van der Waals surface area contributed by atoms with Crippen LogP contribution in [0.2, 0.25) is 10.0 Å². The lowest BCUT2D eigenvalue weighted by atomic mass is 10.2. The summed E-state index contributed by atoms with van der Waals surface area (Å²) in [5.74, 6) is 1.22. The average molecular weight is 433 g/mol. The predicted octanol–water partition coefficient (Wildman–Crippen LogP) is 4.18. The number of ether oxygens (including phenoxy) is 1. The Morgan fingerprint density at radius 3 is 2.61 bits per heavy atom. The van der Waals surface area contributed by atoms with Gasteiger partial charge in [0.05, 0.1) is 36.1 Å². The first-order chi connectivity index (χ1) is 13.5. The van der Waals surface area contributed by atoms with Crippen LogP contribution in [0.1, 0.15) is 5.56 Å². The minimum Gasteiger partial charge on any atom is -0.497 e. The summed E-state index contributed by atoms with van der Waals surface area (Å²) in [6, 6.07) is 12.8. The summed E-state index contributed by atoms with van der Waals surface area (Å²) in [6.45, 7) is 0.482. The van der Waals surface area contributed by atoms with E-state index < -0.39 is 0 Å². The molecule has 0 radical (unpaired) electrons. The number of hydrogen-bond acceptors (Lipinski definition) is 6. The van der Waals surface area contributed by atoms with Crippen molar-refractivity contribution >= 4 is 35.8 Å². The molecule has 0 fully saturated rings. The van der Waals surface area contributed by atoms with Crippen molar-refractivity contribution in [2.24, 2.45) is 0 Å². The average Bonchev–Trinajstić information content (AvgIpc) is 3.29. The molecule has 0 bridgehead atoms. The number of benzene rings is 2. The van der Waals surface area contributed by atoms with Crippen molar-refractivity contribution in [3.05, 3.63) is 64.3 Å². The minimum atomic E-state index is 0.426. The summed E-state index contributed by atoms with van der Waals surface area (Å²) in [5, 5.41) is 18.6. The zero-order valence-electron chi connectivity index (χ0n) is 14.6. The van der Waals surface area contributed by atoms with Crippen molar-refractivity contribution in [2.75, 3.05) is 7.11 Å². The molecule has 4 rings (SSSR count). The van der Waals surface area contributed by atoms with Crippen molar-refractivity contribution in [1.29, 1.82) is 0 Å². The molecule has 0 N–H and O–H groups in total. The van der Waals surface area contributed by atoms with Crippen LogP contribution in [-0.2, 0) is 6.54 Å². The molecule has 2 aromatic carbocycles. The molecule has 0 unspecified atom stereocenters. The van der Waals surface area contributed by atoms with Crippen molar-refractivity contribution in [1.82, 2.24) is 30.0 Å². The van der Waals surface area contributed by atoms with E-state index in [4.69, 9.17) is 27.9 Å². The maximum Gasteiger partial charge on any atom is 0.209 e. The third-order valence-electron chi connectivity index (χ3n) is 4.06. The van der Waals surface area contributed by atoms with Crippen molar-refractivity contribution in [3.8, 4) is 22.8 Å². The van der Waals surface area contributed by atoms with Crippen LogP contribution in [0.4, 0.5) is 0 Å². The molecule has 0 aliphatic heterocycles. The standard InChI is InChI=1S/C18H14Cl2N6OS/c1-27-13-5-2-11(3-6-13)10-25-23-17(22-24-25)14-9-21-26(18(14)28)16-7-4-12(19)8-15(16)20/h2-9,28H,10H2,1H3. The number of hydrogen-bond donors (Lipinski definition) is 1. The van der Waals surface area contributed by atoms with Gasteiger partial charge in [0.2, 0.25) is 5.82 Å². The van der Waals surface area contributed by atoms with Crippen LogP contribution < -0.4 is 4.74 Å². The number of aromatic nitrogens is 6. The summed E-state index contributed by atoms with van der Waals surface area (Å²) in [6.07, 6.45) is 1.63. The van der Waals surface area contributed by atoms with Crippen molar-refractivity contribution in [2.45, 2.75) is 11.6 Å². The Hall–Kier alpha value is -2.55. The van der Waals surface area contributed by atoms with Crippen LogP contribution in [0.25, 0.3) is 17.1 Å². The second-order valence-electron chi connectivity index (χ2n) is 5.88. The Balaban J connectivity index is 1.59. The Labute approximate surface area is 176 Å².